The maximum Gasteiger partial charge on any atom is 0.353 e. The van der Waals surface area contributed by atoms with E-state index in [1.165, 1.54) is 34.2 Å². The number of hydrogen-bond donors (Lipinski definition) is 2. The highest BCUT2D eigenvalue weighted by Crippen LogP contribution is 2.19. The molecule has 0 fully saturated rings. The number of aromatic amines is 1. The van der Waals surface area contributed by atoms with Crippen molar-refractivity contribution in [2.75, 3.05) is 0 Å². The van der Waals surface area contributed by atoms with Crippen molar-refractivity contribution in [3.05, 3.63) is 102 Å². The quantitative estimate of drug-likeness (QED) is 0.348. The number of hydrogen-bond acceptors (Lipinski definition) is 5. The van der Waals surface area contributed by atoms with Gasteiger partial charge in [-0.25, -0.2) is 14.3 Å². The second kappa shape index (κ2) is 8.70. The zero-order valence-corrected chi connectivity index (χ0v) is 17.9. The molecule has 0 bridgehead atoms. The second-order valence-electron chi connectivity index (χ2n) is 6.70. The molecule has 2 heterocycles. The number of aromatic nitrogens is 2. The van der Waals surface area contributed by atoms with Crippen molar-refractivity contribution >= 4 is 47.5 Å². The molecule has 0 aliphatic carbocycles. The Morgan fingerprint density at radius 3 is 2.69 bits per heavy atom. The van der Waals surface area contributed by atoms with E-state index in [9.17, 15) is 19.5 Å². The Kier molecular flexibility index (Phi) is 5.81. The molecular weight excluding hydrogens is 452 g/mol. The van der Waals surface area contributed by atoms with Gasteiger partial charge in [0, 0.05) is 0 Å². The summed E-state index contributed by atoms with van der Waals surface area (Å²) in [7, 11) is 0. The number of carbonyl (C=O) groups is 2. The van der Waals surface area contributed by atoms with Crippen LogP contribution in [0.5, 0.6) is 5.75 Å². The molecule has 0 spiro atoms. The second-order valence-corrected chi connectivity index (χ2v) is 8.05. The molecule has 0 amide bonds. The molecule has 0 atom stereocenters. The summed E-state index contributed by atoms with van der Waals surface area (Å²) < 4.78 is 6.59. The van der Waals surface area contributed by atoms with E-state index in [0.29, 0.717) is 27.2 Å². The molecule has 9 heteroatoms. The number of thiophene rings is 1. The summed E-state index contributed by atoms with van der Waals surface area (Å²) >= 11 is 7.19. The summed E-state index contributed by atoms with van der Waals surface area (Å²) in [5, 5.41) is 14.6. The first kappa shape index (κ1) is 21.4. The predicted octanol–water partition coefficient (Wildman–Crippen LogP) is 3.04. The molecule has 0 aliphatic rings. The molecule has 2 N–H and O–H groups in total. The van der Waals surface area contributed by atoms with E-state index in [0.717, 1.165) is 0 Å². The van der Waals surface area contributed by atoms with E-state index >= 15 is 0 Å². The van der Waals surface area contributed by atoms with Crippen LogP contribution >= 0.6 is 22.9 Å². The van der Waals surface area contributed by atoms with Gasteiger partial charge in [0.2, 0.25) is 0 Å². The van der Waals surface area contributed by atoms with Gasteiger partial charge in [0.15, 0.2) is 0 Å². The van der Waals surface area contributed by atoms with Gasteiger partial charge in [0.1, 0.15) is 10.6 Å². The number of aromatic carboxylic acids is 1. The number of H-pyrrole nitrogens is 1. The number of ether oxygens (including phenoxy) is 1. The predicted molar refractivity (Wildman–Crippen MR) is 122 cm³/mol. The molecule has 4 aromatic rings. The lowest BCUT2D eigenvalue weighted by molar-refractivity contribution is 0.0694. The van der Waals surface area contributed by atoms with Gasteiger partial charge in [0.25, 0.3) is 5.56 Å². The maximum atomic E-state index is 13.0. The lowest BCUT2D eigenvalue weighted by atomic mass is 10.2. The minimum absolute atomic E-state index is 0.0661. The molecule has 0 unspecified atom stereocenters. The Hall–Kier alpha value is -3.88. The SMILES string of the molecule is C=c1[nH]n(-c2ccc(Cl)c(C(=O)O)c2)c(=O)/c1=C/c1cccc(OC(=O)c2cccs2)c1. The Morgan fingerprint density at radius 1 is 1.16 bits per heavy atom. The van der Waals surface area contributed by atoms with Gasteiger partial charge in [-0.05, 0) is 53.4 Å². The minimum atomic E-state index is -1.20. The van der Waals surface area contributed by atoms with Crippen molar-refractivity contribution in [2.45, 2.75) is 0 Å². The van der Waals surface area contributed by atoms with Crippen LogP contribution in [-0.4, -0.2) is 26.8 Å². The van der Waals surface area contributed by atoms with Gasteiger partial charge in [-0.3, -0.25) is 9.89 Å². The Labute approximate surface area is 190 Å². The summed E-state index contributed by atoms with van der Waals surface area (Å²) in [4.78, 5) is 37.0. The average Bonchev–Trinajstić information content (AvgIpc) is 3.39. The summed E-state index contributed by atoms with van der Waals surface area (Å²) in [5.41, 5.74) is 0.383. The van der Waals surface area contributed by atoms with E-state index in [4.69, 9.17) is 16.3 Å². The van der Waals surface area contributed by atoms with Gasteiger partial charge in [-0.2, -0.15) is 0 Å². The molecule has 160 valence electrons. The number of nitrogens with one attached hydrogen (secondary N) is 1. The number of esters is 1. The third-order valence-electron chi connectivity index (χ3n) is 4.55. The van der Waals surface area contributed by atoms with Gasteiger partial charge >= 0.3 is 11.9 Å². The molecule has 2 aromatic heterocycles. The van der Waals surface area contributed by atoms with Crippen LogP contribution in [0.15, 0.2) is 64.8 Å². The maximum absolute atomic E-state index is 13.0. The lowest BCUT2D eigenvalue weighted by Gasteiger charge is -2.04. The Morgan fingerprint density at radius 2 is 1.97 bits per heavy atom. The Bertz CT molecular complexity index is 1500. The molecule has 7 nitrogen and oxygen atoms in total. The van der Waals surface area contributed by atoms with E-state index in [1.807, 2.05) is 0 Å². The fraction of sp³-hybridized carbons (Fsp3) is 0. The number of benzene rings is 2. The number of rotatable bonds is 5. The normalized spacial score (nSPS) is 11.5. The van der Waals surface area contributed by atoms with Crippen molar-refractivity contribution in [2.24, 2.45) is 0 Å². The number of carbonyl (C=O) groups excluding carboxylic acids is 1. The zero-order chi connectivity index (χ0) is 22.8. The zero-order valence-electron chi connectivity index (χ0n) is 16.4. The van der Waals surface area contributed by atoms with Crippen LogP contribution in [0.2, 0.25) is 5.02 Å². The summed E-state index contributed by atoms with van der Waals surface area (Å²) in [5.74, 6) is -1.33. The topological polar surface area (TPSA) is 101 Å². The number of halogens is 1. The van der Waals surface area contributed by atoms with Gasteiger partial charge < -0.3 is 9.84 Å². The molecule has 0 radical (unpaired) electrons. The average molecular weight is 467 g/mol. The van der Waals surface area contributed by atoms with Crippen LogP contribution in [0.1, 0.15) is 25.6 Å². The van der Waals surface area contributed by atoms with E-state index in [1.54, 1.807) is 47.9 Å². The van der Waals surface area contributed by atoms with Gasteiger partial charge in [0.05, 0.1) is 26.8 Å². The van der Waals surface area contributed by atoms with Gasteiger partial charge in [-0.1, -0.05) is 36.4 Å². The summed E-state index contributed by atoms with van der Waals surface area (Å²) in [6.45, 7) is 3.87. The van der Waals surface area contributed by atoms with Crippen LogP contribution in [-0.2, 0) is 0 Å². The highest BCUT2D eigenvalue weighted by Gasteiger charge is 2.13. The van der Waals surface area contributed by atoms with Crippen molar-refractivity contribution in [3.63, 3.8) is 0 Å². The first-order valence-corrected chi connectivity index (χ1v) is 10.5. The van der Waals surface area contributed by atoms with Crippen LogP contribution in [0.4, 0.5) is 0 Å². The van der Waals surface area contributed by atoms with Crippen LogP contribution in [0, 0.1) is 0 Å². The largest absolute Gasteiger partial charge is 0.478 e. The molecule has 0 saturated heterocycles. The number of carboxylic acids is 1. The highest BCUT2D eigenvalue weighted by molar-refractivity contribution is 7.12. The van der Waals surface area contributed by atoms with Gasteiger partial charge in [-0.15, -0.1) is 11.3 Å². The van der Waals surface area contributed by atoms with Crippen molar-refractivity contribution in [1.29, 1.82) is 0 Å². The molecule has 4 rings (SSSR count). The molecule has 2 aromatic carbocycles. The monoisotopic (exact) mass is 466 g/mol. The molecular formula is C23H15ClN2O5S. The number of nitrogens with zero attached hydrogens (tertiary/aromatic N) is 1. The summed E-state index contributed by atoms with van der Waals surface area (Å²) in [6, 6.07) is 14.4. The van der Waals surface area contributed by atoms with E-state index in [-0.39, 0.29) is 15.8 Å². The lowest BCUT2D eigenvalue weighted by Crippen LogP contribution is -2.34. The van der Waals surface area contributed by atoms with Crippen molar-refractivity contribution in [1.82, 2.24) is 9.78 Å². The number of carboxylic acid groups (broad SMARTS) is 1. The van der Waals surface area contributed by atoms with E-state index < -0.39 is 17.5 Å². The highest BCUT2D eigenvalue weighted by atomic mass is 35.5. The van der Waals surface area contributed by atoms with E-state index in [2.05, 4.69) is 11.7 Å². The molecule has 0 aliphatic heterocycles. The van der Waals surface area contributed by atoms with Crippen molar-refractivity contribution < 1.29 is 19.4 Å². The summed E-state index contributed by atoms with van der Waals surface area (Å²) in [6.07, 6.45) is 1.61. The van der Waals surface area contributed by atoms with Crippen molar-refractivity contribution in [3.8, 4) is 11.4 Å². The first-order chi connectivity index (χ1) is 15.3. The van der Waals surface area contributed by atoms with Crippen LogP contribution < -0.4 is 20.9 Å². The fourth-order valence-corrected chi connectivity index (χ4v) is 3.83. The smallest absolute Gasteiger partial charge is 0.353 e. The third-order valence-corrected chi connectivity index (χ3v) is 5.73. The standard InChI is InChI=1S/C23H15ClN2O5S/c1-13-17(21(27)26(25-13)15-7-8-19(24)18(12-15)22(28)29)11-14-4-2-5-16(10-14)31-23(30)20-6-3-9-32-20/h2-12,25H,1H2,(H,28,29)/b17-11+. The minimum Gasteiger partial charge on any atom is -0.478 e. The first-order valence-electron chi connectivity index (χ1n) is 9.24. The molecule has 0 saturated carbocycles. The van der Waals surface area contributed by atoms with Crippen LogP contribution in [0.25, 0.3) is 18.3 Å². The molecule has 32 heavy (non-hydrogen) atoms. The Balaban J connectivity index is 1.71. The third kappa shape index (κ3) is 4.27. The van der Waals surface area contributed by atoms with Crippen LogP contribution in [0.3, 0.4) is 0 Å². The fourth-order valence-electron chi connectivity index (χ4n) is 3.03.